The number of nitrogens with zero attached hydrogens (tertiary/aromatic N) is 1. The summed E-state index contributed by atoms with van der Waals surface area (Å²) in [5.41, 5.74) is 1.80. The van der Waals surface area contributed by atoms with Gasteiger partial charge in [-0.2, -0.15) is 0 Å². The molecule has 0 bridgehead atoms. The Kier molecular flexibility index (Phi) is 10.3. The van der Waals surface area contributed by atoms with Gasteiger partial charge >= 0.3 is 0 Å². The van der Waals surface area contributed by atoms with Crippen molar-refractivity contribution in [2.45, 2.75) is 81.7 Å². The van der Waals surface area contributed by atoms with Crippen molar-refractivity contribution >= 4 is 17.7 Å². The van der Waals surface area contributed by atoms with Crippen molar-refractivity contribution in [1.29, 1.82) is 0 Å². The standard InChI is InChI=1S/C31H37FN2O11/c1-15(31(40)33-24-25(37)27(39)30-29(26(24)38)41-14-42-30)10-18-6-7-22(20(35)12-18)44-23-13-21(36)28(45-23)16(2)34-43-9-8-17-4-3-5-19(32)11-17/h3-7,10-12,21,23-30,35-39H,8-9,13-14H2,1-2H3,(H,33,40)/b15-10+,34-16-/t21-,23+,24+,25-,26+,27+,28+,29-,30+/m0/s1. The van der Waals surface area contributed by atoms with E-state index in [4.69, 9.17) is 23.8 Å². The summed E-state index contributed by atoms with van der Waals surface area (Å²) in [5.74, 6) is -1.10. The number of carbonyl (C=O) groups is 1. The minimum atomic E-state index is -1.48. The van der Waals surface area contributed by atoms with E-state index < -0.39 is 61.0 Å². The number of fused-ring (bicyclic) bond motifs is 1. The summed E-state index contributed by atoms with van der Waals surface area (Å²) in [4.78, 5) is 18.2. The molecule has 13 nitrogen and oxygen atoms in total. The minimum Gasteiger partial charge on any atom is -0.504 e. The highest BCUT2D eigenvalue weighted by Gasteiger charge is 2.53. The Labute approximate surface area is 258 Å². The van der Waals surface area contributed by atoms with Crippen LogP contribution < -0.4 is 10.1 Å². The van der Waals surface area contributed by atoms with Crippen molar-refractivity contribution in [2.24, 2.45) is 5.16 Å². The third-order valence-electron chi connectivity index (χ3n) is 7.96. The quantitative estimate of drug-likeness (QED) is 0.0939. The van der Waals surface area contributed by atoms with E-state index in [9.17, 15) is 34.7 Å². The first-order chi connectivity index (χ1) is 21.5. The number of oxime groups is 1. The zero-order chi connectivity index (χ0) is 32.2. The minimum absolute atomic E-state index is 0.0869. The summed E-state index contributed by atoms with van der Waals surface area (Å²) < 4.78 is 35.4. The number of ether oxygens (including phenoxy) is 4. The van der Waals surface area contributed by atoms with Crippen molar-refractivity contribution in [3.8, 4) is 11.5 Å². The fourth-order valence-electron chi connectivity index (χ4n) is 5.54. The number of phenolic OH excluding ortho intramolecular Hbond substituents is 1. The number of benzene rings is 2. The maximum Gasteiger partial charge on any atom is 0.247 e. The highest BCUT2D eigenvalue weighted by Crippen LogP contribution is 2.33. The summed E-state index contributed by atoms with van der Waals surface area (Å²) in [6.07, 6.45) is -6.53. The van der Waals surface area contributed by atoms with Crippen LogP contribution in [-0.2, 0) is 30.3 Å². The van der Waals surface area contributed by atoms with Gasteiger partial charge in [-0.05, 0) is 55.3 Å². The van der Waals surface area contributed by atoms with Crippen molar-refractivity contribution < 1.29 is 58.5 Å². The second-order valence-electron chi connectivity index (χ2n) is 11.3. The van der Waals surface area contributed by atoms with E-state index in [1.807, 2.05) is 0 Å². The van der Waals surface area contributed by atoms with Gasteiger partial charge in [-0.1, -0.05) is 23.4 Å². The molecular formula is C31H37FN2O11. The summed E-state index contributed by atoms with van der Waals surface area (Å²) >= 11 is 0. The number of aliphatic hydroxyl groups is 4. The van der Waals surface area contributed by atoms with E-state index >= 15 is 0 Å². The van der Waals surface area contributed by atoms with Gasteiger partial charge in [0.2, 0.25) is 12.2 Å². The third-order valence-corrected chi connectivity index (χ3v) is 7.96. The molecule has 2 aliphatic heterocycles. The molecule has 9 atom stereocenters. The van der Waals surface area contributed by atoms with Crippen molar-refractivity contribution in [3.05, 3.63) is 65.0 Å². The highest BCUT2D eigenvalue weighted by molar-refractivity contribution is 5.97. The number of rotatable bonds is 10. The van der Waals surface area contributed by atoms with Gasteiger partial charge in [0.25, 0.3) is 0 Å². The molecule has 0 radical (unpaired) electrons. The second kappa shape index (κ2) is 14.2. The lowest BCUT2D eigenvalue weighted by Gasteiger charge is -2.41. The molecule has 2 aromatic rings. The van der Waals surface area contributed by atoms with Crippen LogP contribution in [0.5, 0.6) is 11.5 Å². The van der Waals surface area contributed by atoms with Crippen molar-refractivity contribution in [3.63, 3.8) is 0 Å². The summed E-state index contributed by atoms with van der Waals surface area (Å²) in [6, 6.07) is 9.42. The van der Waals surface area contributed by atoms with E-state index in [2.05, 4.69) is 10.5 Å². The van der Waals surface area contributed by atoms with E-state index in [0.29, 0.717) is 17.7 Å². The van der Waals surface area contributed by atoms with E-state index in [1.165, 1.54) is 37.3 Å². The average Bonchev–Trinajstić information content (AvgIpc) is 3.65. The van der Waals surface area contributed by atoms with Crippen LogP contribution in [0.1, 0.15) is 31.4 Å². The summed E-state index contributed by atoms with van der Waals surface area (Å²) in [5, 5.41) is 59.0. The van der Waals surface area contributed by atoms with Gasteiger partial charge < -0.3 is 54.6 Å². The van der Waals surface area contributed by atoms with Crippen molar-refractivity contribution in [2.75, 3.05) is 13.4 Å². The molecule has 2 heterocycles. The summed E-state index contributed by atoms with van der Waals surface area (Å²) in [6.45, 7) is 3.21. The van der Waals surface area contributed by atoms with Crippen LogP contribution in [0.2, 0.25) is 0 Å². The molecule has 2 aromatic carbocycles. The molecule has 5 rings (SSSR count). The lowest BCUT2D eigenvalue weighted by molar-refractivity contribution is -0.155. The van der Waals surface area contributed by atoms with Crippen LogP contribution in [0.4, 0.5) is 4.39 Å². The zero-order valence-corrected chi connectivity index (χ0v) is 24.7. The normalized spacial score (nSPS) is 31.8. The Morgan fingerprint density at radius 1 is 1.07 bits per heavy atom. The third kappa shape index (κ3) is 7.61. The largest absolute Gasteiger partial charge is 0.504 e. The molecular weight excluding hydrogens is 595 g/mol. The van der Waals surface area contributed by atoms with Gasteiger partial charge in [0.15, 0.2) is 11.5 Å². The fraction of sp³-hybridized carbons (Fsp3) is 0.484. The lowest BCUT2D eigenvalue weighted by Crippen LogP contribution is -2.67. The van der Waals surface area contributed by atoms with Crippen LogP contribution in [-0.4, -0.2) is 106 Å². The monoisotopic (exact) mass is 632 g/mol. The van der Waals surface area contributed by atoms with Gasteiger partial charge in [0, 0.05) is 18.4 Å². The molecule has 0 aromatic heterocycles. The van der Waals surface area contributed by atoms with E-state index in [1.54, 1.807) is 25.1 Å². The van der Waals surface area contributed by atoms with Gasteiger partial charge in [-0.15, -0.1) is 0 Å². The Morgan fingerprint density at radius 3 is 2.56 bits per heavy atom. The first kappa shape index (κ1) is 32.8. The number of nitrogens with one attached hydrogen (secondary N) is 1. The number of phenols is 1. The first-order valence-electron chi connectivity index (χ1n) is 14.5. The lowest BCUT2D eigenvalue weighted by atomic mass is 9.83. The Bertz CT molecular complexity index is 1420. The number of aliphatic hydroxyl groups excluding tert-OH is 4. The molecule has 1 amide bonds. The predicted octanol–water partition coefficient (Wildman–Crippen LogP) is 0.747. The molecule has 2 saturated heterocycles. The second-order valence-corrected chi connectivity index (χ2v) is 11.3. The van der Waals surface area contributed by atoms with Crippen LogP contribution in [0.3, 0.4) is 0 Å². The first-order valence-corrected chi connectivity index (χ1v) is 14.5. The molecule has 244 valence electrons. The van der Waals surface area contributed by atoms with Crippen LogP contribution in [0.25, 0.3) is 6.08 Å². The Balaban J connectivity index is 1.13. The summed E-state index contributed by atoms with van der Waals surface area (Å²) in [7, 11) is 0. The molecule has 1 saturated carbocycles. The number of hydrogen-bond acceptors (Lipinski definition) is 12. The SMILES string of the molecule is C/C(=N/OCCc1cccc(F)c1)[C@H]1O[C@@H](Oc2ccc(/C=C(\C)C(=O)N[C@@H]3[C@H](O)[C@@H](O)[C@H]4OCO[C@H]4[C@@H]3O)cc2O)C[C@@H]1O. The van der Waals surface area contributed by atoms with Crippen molar-refractivity contribution in [1.82, 2.24) is 5.32 Å². The van der Waals surface area contributed by atoms with Gasteiger partial charge in [-0.25, -0.2) is 4.39 Å². The molecule has 6 N–H and O–H groups in total. The van der Waals surface area contributed by atoms with E-state index in [-0.39, 0.29) is 42.7 Å². The molecule has 0 unspecified atom stereocenters. The molecule has 1 aliphatic carbocycles. The molecule has 3 aliphatic rings. The Hall–Kier alpha value is -3.63. The predicted molar refractivity (Wildman–Crippen MR) is 155 cm³/mol. The van der Waals surface area contributed by atoms with Crippen LogP contribution >= 0.6 is 0 Å². The fourth-order valence-corrected chi connectivity index (χ4v) is 5.54. The number of carbonyl (C=O) groups excluding carboxylic acids is 1. The number of amides is 1. The smallest absolute Gasteiger partial charge is 0.247 e. The molecule has 0 spiro atoms. The van der Waals surface area contributed by atoms with Gasteiger partial charge in [0.05, 0.1) is 17.9 Å². The van der Waals surface area contributed by atoms with Gasteiger partial charge in [0.1, 0.15) is 55.8 Å². The molecule has 14 heteroatoms. The maximum absolute atomic E-state index is 13.3. The molecule has 3 fully saturated rings. The average molecular weight is 633 g/mol. The maximum atomic E-state index is 13.3. The topological polar surface area (TPSA) is 189 Å². The number of hydrogen-bond donors (Lipinski definition) is 6. The highest BCUT2D eigenvalue weighted by atomic mass is 19.1. The van der Waals surface area contributed by atoms with E-state index in [0.717, 1.165) is 5.56 Å². The number of aromatic hydroxyl groups is 1. The number of halogens is 1. The van der Waals surface area contributed by atoms with Crippen LogP contribution in [0.15, 0.2) is 53.2 Å². The van der Waals surface area contributed by atoms with Gasteiger partial charge in [-0.3, -0.25) is 4.79 Å². The zero-order valence-electron chi connectivity index (χ0n) is 24.7. The Morgan fingerprint density at radius 2 is 1.82 bits per heavy atom. The molecule has 45 heavy (non-hydrogen) atoms. The van der Waals surface area contributed by atoms with Crippen LogP contribution in [0, 0.1) is 5.82 Å².